The van der Waals surface area contributed by atoms with Crippen LogP contribution in [0.15, 0.2) is 109 Å². The Balaban J connectivity index is 0.000000244. The van der Waals surface area contributed by atoms with E-state index >= 15 is 0 Å². The molecule has 0 saturated heterocycles. The van der Waals surface area contributed by atoms with Gasteiger partial charge < -0.3 is 0 Å². The number of quaternary nitrogens is 2. The number of aryl methyl sites for hydroxylation is 2. The van der Waals surface area contributed by atoms with Crippen LogP contribution in [0.2, 0.25) is 13.1 Å². The number of fused-ring (bicyclic) bond motifs is 2. The Labute approximate surface area is 337 Å². The van der Waals surface area contributed by atoms with Crippen LogP contribution in [-0.4, -0.2) is 48.8 Å². The fourth-order valence-electron chi connectivity index (χ4n) is 7.62. The standard InChI is InChI=1S/2C22H27N.C2H6Si.2ClH.Zr/c2*1-5-23(6-2,7-3)20-13-11-18(12-14-20)21-10-8-9-19-15-17(4)16-22(19)21;1-3-2;;;/h2*8-16H,5-7H2,1-4H3;1-2H3;2*1H;/q;;;;;+4/p-2. The van der Waals surface area contributed by atoms with Crippen molar-refractivity contribution >= 4 is 59.5 Å². The van der Waals surface area contributed by atoms with Gasteiger partial charge in [0, 0.05) is 9.52 Å². The predicted octanol–water partition coefficient (Wildman–Crippen LogP) is 14.0. The van der Waals surface area contributed by atoms with Crippen LogP contribution in [0.4, 0.5) is 11.4 Å². The molecule has 6 aromatic carbocycles. The van der Waals surface area contributed by atoms with Gasteiger partial charge in [-0.2, -0.15) is 12.1 Å². The van der Waals surface area contributed by atoms with Crippen molar-refractivity contribution in [1.29, 1.82) is 0 Å². The molecule has 6 heteroatoms. The molecular weight excluding hydrogens is 771 g/mol. The monoisotopic (exact) mass is 828 g/mol. The number of hydrogen-bond acceptors (Lipinski definition) is 0. The molecule has 0 N–H and O–H groups in total. The number of hydrogen-bond donors (Lipinski definition) is 0. The molecule has 0 spiro atoms. The van der Waals surface area contributed by atoms with Gasteiger partial charge in [-0.05, 0) is 101 Å². The summed E-state index contributed by atoms with van der Waals surface area (Å²) in [5, 5.41) is 5.40. The Morgan fingerprint density at radius 2 is 0.808 bits per heavy atom. The first-order valence-electron chi connectivity index (χ1n) is 18.9. The molecule has 0 aromatic heterocycles. The molecule has 0 unspecified atom stereocenters. The summed E-state index contributed by atoms with van der Waals surface area (Å²) in [5.74, 6) is 0. The fourth-order valence-corrected chi connectivity index (χ4v) is 7.62. The van der Waals surface area contributed by atoms with E-state index in [9.17, 15) is 0 Å². The van der Waals surface area contributed by atoms with Crippen molar-refractivity contribution in [2.75, 3.05) is 39.3 Å². The molecule has 0 amide bonds. The van der Waals surface area contributed by atoms with Crippen LogP contribution in [0.5, 0.6) is 0 Å². The molecule has 0 aliphatic carbocycles. The van der Waals surface area contributed by atoms with Crippen molar-refractivity contribution in [3.8, 4) is 22.3 Å². The Bertz CT molecular complexity index is 1760. The molecule has 6 aromatic rings. The molecule has 0 fully saturated rings. The molecular formula is C46H60Cl2N2SiZr+2. The Hall–Kier alpha value is -2.30. The summed E-state index contributed by atoms with van der Waals surface area (Å²) in [5.41, 5.74) is 10.8. The molecule has 2 radical (unpaired) electrons. The molecule has 0 atom stereocenters. The van der Waals surface area contributed by atoms with Crippen molar-refractivity contribution in [2.24, 2.45) is 0 Å². The van der Waals surface area contributed by atoms with E-state index in [1.54, 1.807) is 0 Å². The maximum atomic E-state index is 4.93. The Morgan fingerprint density at radius 1 is 0.519 bits per heavy atom. The summed E-state index contributed by atoms with van der Waals surface area (Å²) in [6, 6.07) is 40.8. The van der Waals surface area contributed by atoms with Crippen LogP contribution in [0.25, 0.3) is 43.8 Å². The molecule has 0 bridgehead atoms. The third-order valence-corrected chi connectivity index (χ3v) is 10.9. The van der Waals surface area contributed by atoms with Crippen LogP contribution >= 0.6 is 17.0 Å². The molecule has 0 heterocycles. The normalized spacial score (nSPS) is 11.2. The van der Waals surface area contributed by atoms with E-state index < -0.39 is 20.8 Å². The maximum absolute atomic E-state index is 4.93. The third-order valence-electron chi connectivity index (χ3n) is 10.9. The van der Waals surface area contributed by atoms with Crippen LogP contribution in [0.3, 0.4) is 0 Å². The molecule has 0 aliphatic rings. The van der Waals surface area contributed by atoms with E-state index in [-0.39, 0.29) is 0 Å². The van der Waals surface area contributed by atoms with Crippen molar-refractivity contribution in [3.05, 3.63) is 120 Å². The van der Waals surface area contributed by atoms with Crippen LogP contribution < -0.4 is 8.97 Å². The summed E-state index contributed by atoms with van der Waals surface area (Å²) >= 11 is -0.826. The van der Waals surface area contributed by atoms with Crippen LogP contribution in [-0.2, 0) is 20.8 Å². The van der Waals surface area contributed by atoms with Crippen molar-refractivity contribution in [2.45, 2.75) is 68.5 Å². The molecule has 0 saturated carbocycles. The summed E-state index contributed by atoms with van der Waals surface area (Å²) in [6.45, 7) is 29.2. The first-order chi connectivity index (χ1) is 25.1. The predicted molar refractivity (Wildman–Crippen MR) is 235 cm³/mol. The summed E-state index contributed by atoms with van der Waals surface area (Å²) in [6.07, 6.45) is 0. The van der Waals surface area contributed by atoms with Gasteiger partial charge in [0.05, 0.1) is 39.3 Å². The fraction of sp³-hybridized carbons (Fsp3) is 0.348. The van der Waals surface area contributed by atoms with Crippen molar-refractivity contribution in [3.63, 3.8) is 0 Å². The zero-order chi connectivity index (χ0) is 38.3. The van der Waals surface area contributed by atoms with E-state index in [2.05, 4.69) is 178 Å². The van der Waals surface area contributed by atoms with Crippen LogP contribution in [0, 0.1) is 13.8 Å². The molecule has 6 rings (SSSR count). The zero-order valence-corrected chi connectivity index (χ0v) is 38.3. The molecule has 2 nitrogen and oxygen atoms in total. The van der Waals surface area contributed by atoms with E-state index in [4.69, 9.17) is 17.0 Å². The van der Waals surface area contributed by atoms with E-state index in [0.717, 1.165) is 57.8 Å². The van der Waals surface area contributed by atoms with Gasteiger partial charge >= 0.3 is 37.9 Å². The second-order valence-corrected chi connectivity index (χ2v) is 18.3. The SMILES string of the molecule is CC[N+](CC)(CC)c1ccc(-c2cccc3[cH-]c(C)cc23)cc1.CC[N+](CC)(CC)c1ccc(-c2cccc3[cH-]c(C)cc23)cc1.C[Si]C.[Cl][Zr+2][Cl]. The van der Waals surface area contributed by atoms with Gasteiger partial charge in [0.15, 0.2) is 0 Å². The first-order valence-corrected chi connectivity index (χ1v) is 27.2. The van der Waals surface area contributed by atoms with Gasteiger partial charge in [-0.3, -0.25) is 8.97 Å². The first kappa shape index (κ1) is 44.1. The van der Waals surface area contributed by atoms with E-state index in [0.29, 0.717) is 0 Å². The second kappa shape index (κ2) is 21.6. The van der Waals surface area contributed by atoms with Gasteiger partial charge in [-0.25, -0.2) is 0 Å². The zero-order valence-electron chi connectivity index (χ0n) is 33.3. The summed E-state index contributed by atoms with van der Waals surface area (Å²) < 4.78 is 2.11. The third kappa shape index (κ3) is 10.5. The number of halogens is 2. The molecule has 274 valence electrons. The minimum atomic E-state index is -0.826. The van der Waals surface area contributed by atoms with Crippen molar-refractivity contribution < 1.29 is 20.8 Å². The van der Waals surface area contributed by atoms with E-state index in [1.165, 1.54) is 66.3 Å². The molecule has 52 heavy (non-hydrogen) atoms. The number of rotatable bonds is 10. The average Bonchev–Trinajstić information content (AvgIpc) is 3.76. The van der Waals surface area contributed by atoms with Gasteiger partial charge in [0.1, 0.15) is 11.4 Å². The topological polar surface area (TPSA) is 0 Å². The number of nitrogens with zero attached hydrogens (tertiary/aromatic N) is 2. The van der Waals surface area contributed by atoms with Gasteiger partial charge in [0.25, 0.3) is 0 Å². The van der Waals surface area contributed by atoms with Gasteiger partial charge in [-0.1, -0.05) is 50.2 Å². The van der Waals surface area contributed by atoms with Gasteiger partial charge in [0.2, 0.25) is 0 Å². The Kier molecular flexibility index (Phi) is 18.3. The average molecular weight is 831 g/mol. The molecule has 0 aliphatic heterocycles. The second-order valence-electron chi connectivity index (χ2n) is 13.5. The summed E-state index contributed by atoms with van der Waals surface area (Å²) in [4.78, 5) is 0. The van der Waals surface area contributed by atoms with Gasteiger partial charge in [-0.15, -0.1) is 69.1 Å². The van der Waals surface area contributed by atoms with Crippen molar-refractivity contribution in [1.82, 2.24) is 8.97 Å². The summed E-state index contributed by atoms with van der Waals surface area (Å²) in [7, 11) is 11.0. The van der Waals surface area contributed by atoms with E-state index in [1.807, 2.05) is 0 Å². The van der Waals surface area contributed by atoms with Crippen LogP contribution in [0.1, 0.15) is 52.7 Å². The number of benzene rings is 4. The quantitative estimate of drug-likeness (QED) is 0.0733. The minimum absolute atomic E-state index is 0.826. The Morgan fingerprint density at radius 3 is 1.08 bits per heavy atom.